The maximum absolute atomic E-state index is 10.6. The van der Waals surface area contributed by atoms with Crippen molar-refractivity contribution in [3.8, 4) is 0 Å². The first-order valence-electron chi connectivity index (χ1n) is 6.77. The van der Waals surface area contributed by atoms with E-state index in [1.54, 1.807) is 0 Å². The molecule has 1 aliphatic carbocycles. The van der Waals surface area contributed by atoms with Crippen molar-refractivity contribution in [3.63, 3.8) is 0 Å². The number of ether oxygens (including phenoxy) is 2. The predicted molar refractivity (Wildman–Crippen MR) is 65.7 cm³/mol. The Hall–Kier alpha value is -1.05. The molecule has 4 heterocycles. The molecule has 22 heavy (non-hydrogen) atoms. The van der Waals surface area contributed by atoms with Gasteiger partial charge in [0.05, 0.1) is 12.5 Å². The number of aliphatic hydroxyl groups is 6. The molecule has 1 saturated carbocycles. The zero-order valence-electron chi connectivity index (χ0n) is 11.2. The van der Waals surface area contributed by atoms with Crippen LogP contribution in [0.1, 0.15) is 0 Å². The van der Waals surface area contributed by atoms with E-state index >= 15 is 0 Å². The van der Waals surface area contributed by atoms with Crippen LogP contribution in [0.3, 0.4) is 0 Å². The van der Waals surface area contributed by atoms with Gasteiger partial charge >= 0.3 is 5.97 Å². The zero-order valence-corrected chi connectivity index (χ0v) is 11.2. The van der Waals surface area contributed by atoms with Gasteiger partial charge in [0.25, 0.3) is 0 Å². The van der Waals surface area contributed by atoms with E-state index in [9.17, 15) is 30.6 Å². The third-order valence-corrected chi connectivity index (χ3v) is 5.22. The fourth-order valence-electron chi connectivity index (χ4n) is 4.24. The molecule has 11 nitrogen and oxygen atoms in total. The molecule has 9 atom stereocenters. The lowest BCUT2D eigenvalue weighted by atomic mass is 9.55. The lowest BCUT2D eigenvalue weighted by Crippen LogP contribution is -2.95. The Balaban J connectivity index is 1.95. The summed E-state index contributed by atoms with van der Waals surface area (Å²) in [5.74, 6) is -3.95. The van der Waals surface area contributed by atoms with E-state index in [0.717, 1.165) is 0 Å². The Bertz CT molecular complexity index is 561. The van der Waals surface area contributed by atoms with Gasteiger partial charge in [0.15, 0.2) is 18.3 Å². The molecule has 4 bridgehead atoms. The van der Waals surface area contributed by atoms with Gasteiger partial charge in [0.2, 0.25) is 0 Å². The van der Waals surface area contributed by atoms with Crippen molar-refractivity contribution in [2.45, 2.75) is 47.8 Å². The minimum Gasteiger partial charge on any atom is -0.393 e. The van der Waals surface area contributed by atoms with Crippen molar-refractivity contribution in [2.24, 2.45) is 16.6 Å². The minimum atomic E-state index is -2.52. The van der Waals surface area contributed by atoms with E-state index in [2.05, 4.69) is 10.3 Å². The van der Waals surface area contributed by atoms with Crippen molar-refractivity contribution in [1.82, 2.24) is 5.32 Å². The van der Waals surface area contributed by atoms with Crippen LogP contribution in [-0.2, 0) is 9.47 Å². The van der Waals surface area contributed by atoms with Crippen molar-refractivity contribution >= 4 is 5.96 Å². The van der Waals surface area contributed by atoms with Crippen LogP contribution >= 0.6 is 0 Å². The Morgan fingerprint density at radius 3 is 2.45 bits per heavy atom. The van der Waals surface area contributed by atoms with Crippen LogP contribution in [0.15, 0.2) is 4.99 Å². The molecular weight excluding hydrogens is 302 g/mol. The van der Waals surface area contributed by atoms with Gasteiger partial charge in [-0.05, 0) is 0 Å². The Labute approximate surface area is 123 Å². The molecule has 0 amide bonds. The number of hydrogen-bond donors (Lipinski definition) is 8. The number of nitrogens with zero attached hydrogens (tertiary/aromatic N) is 1. The summed E-state index contributed by atoms with van der Waals surface area (Å²) in [5, 5.41) is 64.3. The third-order valence-electron chi connectivity index (χ3n) is 5.22. The average molecular weight is 319 g/mol. The summed E-state index contributed by atoms with van der Waals surface area (Å²) in [6, 6.07) is 0. The highest BCUT2D eigenvalue weighted by Gasteiger charge is 2.82. The predicted octanol–water partition coefficient (Wildman–Crippen LogP) is -5.52. The Kier molecular flexibility index (Phi) is 2.57. The first-order valence-corrected chi connectivity index (χ1v) is 6.77. The van der Waals surface area contributed by atoms with Crippen LogP contribution in [0.4, 0.5) is 0 Å². The smallest absolute Gasteiger partial charge is 0.311 e. The van der Waals surface area contributed by atoms with E-state index in [1.165, 1.54) is 0 Å². The van der Waals surface area contributed by atoms with Gasteiger partial charge in [0.1, 0.15) is 29.5 Å². The highest BCUT2D eigenvalue weighted by atomic mass is 16.9. The summed E-state index contributed by atoms with van der Waals surface area (Å²) < 4.78 is 10.3. The van der Waals surface area contributed by atoms with Crippen LogP contribution in [-0.4, -0.2) is 91.0 Å². The number of rotatable bonds is 1. The number of aliphatic imine (C=N–C) groups is 1. The standard InChI is InChI=1S/C11H17N3O8/c12-8-13-6(17)2-4-9(19,1-15)5-3(16)10(2,14-8)7(18)11(20,21-4)22-5/h2-7,15-20H,1H2,(H3,12,13,14)/t2-,3+,4-,5+,6-,7?,9+,10-,11+/m1/s1. The number of nitrogens with two attached hydrogens (primary N) is 1. The van der Waals surface area contributed by atoms with E-state index in [1.807, 2.05) is 0 Å². The molecule has 5 aliphatic rings. The summed E-state index contributed by atoms with van der Waals surface area (Å²) in [6.07, 6.45) is -7.77. The summed E-state index contributed by atoms with van der Waals surface area (Å²) in [5.41, 5.74) is 1.74. The summed E-state index contributed by atoms with van der Waals surface area (Å²) >= 11 is 0. The van der Waals surface area contributed by atoms with Gasteiger partial charge in [-0.3, -0.25) is 0 Å². The molecule has 0 radical (unpaired) electrons. The van der Waals surface area contributed by atoms with Gasteiger partial charge in [0, 0.05) is 0 Å². The van der Waals surface area contributed by atoms with Crippen molar-refractivity contribution in [3.05, 3.63) is 0 Å². The van der Waals surface area contributed by atoms with Crippen LogP contribution in [0, 0.1) is 5.92 Å². The number of hydrogen-bond acceptors (Lipinski definition) is 11. The molecule has 0 aromatic heterocycles. The van der Waals surface area contributed by atoms with E-state index in [4.69, 9.17) is 15.2 Å². The maximum Gasteiger partial charge on any atom is 0.311 e. The van der Waals surface area contributed by atoms with Crippen LogP contribution in [0.25, 0.3) is 0 Å². The molecule has 4 aliphatic heterocycles. The number of aliphatic hydroxyl groups excluding tert-OH is 4. The summed E-state index contributed by atoms with van der Waals surface area (Å²) in [4.78, 5) is 3.70. The maximum atomic E-state index is 10.6. The van der Waals surface area contributed by atoms with Gasteiger partial charge in [-0.25, -0.2) is 4.99 Å². The fourth-order valence-corrected chi connectivity index (χ4v) is 4.24. The van der Waals surface area contributed by atoms with Crippen molar-refractivity contribution in [1.29, 1.82) is 0 Å². The summed E-state index contributed by atoms with van der Waals surface area (Å²) in [6.45, 7) is -0.857. The molecule has 11 heteroatoms. The second-order valence-electron chi connectivity index (χ2n) is 6.22. The van der Waals surface area contributed by atoms with Crippen LogP contribution in [0.5, 0.6) is 0 Å². The van der Waals surface area contributed by atoms with Gasteiger partial charge in [-0.1, -0.05) is 0 Å². The van der Waals surface area contributed by atoms with Crippen LogP contribution in [0.2, 0.25) is 0 Å². The quantitative estimate of drug-likeness (QED) is 0.231. The monoisotopic (exact) mass is 319 g/mol. The largest absolute Gasteiger partial charge is 0.393 e. The minimum absolute atomic E-state index is 0.250. The van der Waals surface area contributed by atoms with E-state index < -0.39 is 60.3 Å². The Morgan fingerprint density at radius 2 is 1.82 bits per heavy atom. The van der Waals surface area contributed by atoms with E-state index in [0.29, 0.717) is 0 Å². The molecule has 1 unspecified atom stereocenters. The fraction of sp³-hybridized carbons (Fsp3) is 0.909. The number of nitrogens with one attached hydrogen (secondary N) is 1. The molecule has 4 fully saturated rings. The molecule has 124 valence electrons. The van der Waals surface area contributed by atoms with Crippen LogP contribution < -0.4 is 11.1 Å². The van der Waals surface area contributed by atoms with Gasteiger partial charge in [-0.2, -0.15) is 0 Å². The molecule has 9 N–H and O–H groups in total. The lowest BCUT2D eigenvalue weighted by Gasteiger charge is -2.71. The van der Waals surface area contributed by atoms with Gasteiger partial charge < -0.3 is 51.2 Å². The SMILES string of the molecule is NC1=N[C@H](O)[C@H]2[C@H]3O[C@]4(O)O[C@@H]([C@H](O)[C@@]2(N1)C4O)[C@]3(O)CO. The first kappa shape index (κ1) is 14.5. The van der Waals surface area contributed by atoms with Gasteiger partial charge in [-0.15, -0.1) is 0 Å². The van der Waals surface area contributed by atoms with Crippen molar-refractivity contribution < 1.29 is 40.1 Å². The average Bonchev–Trinajstić information content (AvgIpc) is 2.45. The molecule has 3 saturated heterocycles. The molecular formula is C11H17N3O8. The molecule has 0 aromatic carbocycles. The lowest BCUT2D eigenvalue weighted by molar-refractivity contribution is -0.548. The topological polar surface area (TPSA) is 190 Å². The molecule has 5 rings (SSSR count). The normalized spacial score (nSPS) is 62.4. The highest BCUT2D eigenvalue weighted by Crippen LogP contribution is 2.58. The molecule has 0 aromatic rings. The first-order chi connectivity index (χ1) is 10.2. The molecule has 1 spiro atoms. The zero-order chi connectivity index (χ0) is 16.1. The summed E-state index contributed by atoms with van der Waals surface area (Å²) in [7, 11) is 0. The second-order valence-corrected chi connectivity index (χ2v) is 6.22. The highest BCUT2D eigenvalue weighted by molar-refractivity contribution is 5.80. The third kappa shape index (κ3) is 1.28. The Morgan fingerprint density at radius 1 is 1.18 bits per heavy atom. The van der Waals surface area contributed by atoms with E-state index in [-0.39, 0.29) is 5.96 Å². The van der Waals surface area contributed by atoms with Crippen molar-refractivity contribution in [2.75, 3.05) is 6.61 Å². The number of guanidine groups is 1. The second kappa shape index (κ2) is 3.88.